The van der Waals surface area contributed by atoms with Crippen molar-refractivity contribution < 1.29 is 0 Å². The minimum absolute atomic E-state index is 1.35. The first kappa shape index (κ1) is 22.5. The maximum Gasteiger partial charge on any atom is -0.00271 e. The van der Waals surface area contributed by atoms with Gasteiger partial charge in [0.1, 0.15) is 0 Å². The molecule has 0 heterocycles. The van der Waals surface area contributed by atoms with Crippen LogP contribution < -0.4 is 0 Å². The maximum atomic E-state index is 2.68. The summed E-state index contributed by atoms with van der Waals surface area (Å²) in [5.74, 6) is 5.36. The molecule has 0 aliphatic carbocycles. The van der Waals surface area contributed by atoms with Gasteiger partial charge in [-0.2, -0.15) is 0 Å². The smallest absolute Gasteiger partial charge is 0.00271 e. The summed E-state index contributed by atoms with van der Waals surface area (Å²) in [6.07, 6.45) is 2.20. The lowest BCUT2D eigenvalue weighted by Gasteiger charge is -1.98. The molecule has 1 aromatic rings. The average molecular weight is 299 g/mol. The lowest BCUT2D eigenvalue weighted by Crippen LogP contribution is -1.79. The Morgan fingerprint density at radius 3 is 1.55 bits per heavy atom. The highest BCUT2D eigenvalue weighted by Crippen LogP contribution is 2.07. The Hall–Kier alpha value is -1.74. The fraction of sp³-hybridized carbons (Fsp3) is 0.455. The fourth-order valence-corrected chi connectivity index (χ4v) is 1.47. The number of hydrogen-bond donors (Lipinski definition) is 0. The summed E-state index contributed by atoms with van der Waals surface area (Å²) >= 11 is 0. The van der Waals surface area contributed by atoms with Crippen molar-refractivity contribution in [1.29, 1.82) is 0 Å². The Bertz CT molecular complexity index is 543. The highest BCUT2D eigenvalue weighted by atomic mass is 13.9. The number of hydrogen-bond acceptors (Lipinski definition) is 0. The van der Waals surface area contributed by atoms with Crippen molar-refractivity contribution in [2.24, 2.45) is 0 Å². The minimum Gasteiger partial charge on any atom is -0.107 e. The third kappa shape index (κ3) is 13.3. The Balaban J connectivity index is 0. The molecule has 0 atom stereocenters. The quantitative estimate of drug-likeness (QED) is 0.388. The molecule has 122 valence electrons. The number of benzene rings is 1. The molecule has 0 saturated heterocycles. The van der Waals surface area contributed by atoms with E-state index in [1.54, 1.807) is 0 Å². The first-order valence-corrected chi connectivity index (χ1v) is 7.82. The molecule has 0 aliphatic rings. The van der Waals surface area contributed by atoms with Crippen molar-refractivity contribution >= 4 is 0 Å². The van der Waals surface area contributed by atoms with Crippen LogP contribution in [0.5, 0.6) is 0 Å². The van der Waals surface area contributed by atoms with Crippen molar-refractivity contribution in [3.8, 4) is 11.8 Å². The van der Waals surface area contributed by atoms with Crippen LogP contribution in [0.1, 0.15) is 65.2 Å². The molecule has 0 radical (unpaired) electrons. The van der Waals surface area contributed by atoms with E-state index in [0.29, 0.717) is 0 Å². The molecule has 1 rings (SSSR count). The van der Waals surface area contributed by atoms with Crippen molar-refractivity contribution in [3.05, 3.63) is 57.7 Å². The van der Waals surface area contributed by atoms with Crippen LogP contribution in [-0.4, -0.2) is 0 Å². The van der Waals surface area contributed by atoms with Gasteiger partial charge in [-0.05, 0) is 80.4 Å². The minimum atomic E-state index is 1.35. The molecule has 0 fully saturated rings. The molecule has 0 unspecified atom stereocenters. The first-order valence-electron chi connectivity index (χ1n) is 7.82. The summed E-state index contributed by atoms with van der Waals surface area (Å²) in [5.41, 5.74) is 8.26. The van der Waals surface area contributed by atoms with Crippen molar-refractivity contribution in [3.63, 3.8) is 0 Å². The van der Waals surface area contributed by atoms with Crippen LogP contribution >= 0.6 is 0 Å². The Morgan fingerprint density at radius 2 is 1.32 bits per heavy atom. The highest BCUT2D eigenvalue weighted by Gasteiger charge is 1.89. The van der Waals surface area contributed by atoms with Crippen molar-refractivity contribution in [2.45, 2.75) is 69.2 Å². The van der Waals surface area contributed by atoms with Gasteiger partial charge >= 0.3 is 0 Å². The van der Waals surface area contributed by atoms with E-state index in [9.17, 15) is 0 Å². The van der Waals surface area contributed by atoms with Gasteiger partial charge in [0.05, 0.1) is 0 Å². The average Bonchev–Trinajstić information content (AvgIpc) is 2.43. The van der Waals surface area contributed by atoms with Gasteiger partial charge in [0.25, 0.3) is 0 Å². The standard InChI is InChI=1S/C9H12.C9H16.C4H6/c1-7-4-5-8(2)9(3)6-7;1-7(2)6-9(5)8(3)4;1-3-4-2/h4-6H,1-3H3;6H,1-5H3;1-2H3. The lowest BCUT2D eigenvalue weighted by molar-refractivity contribution is 1.26. The number of rotatable bonds is 1. The van der Waals surface area contributed by atoms with E-state index in [-0.39, 0.29) is 0 Å². The summed E-state index contributed by atoms with van der Waals surface area (Å²) in [5, 5.41) is 0. The van der Waals surface area contributed by atoms with Gasteiger partial charge in [-0.1, -0.05) is 46.6 Å². The zero-order chi connectivity index (χ0) is 17.7. The van der Waals surface area contributed by atoms with Crippen LogP contribution in [0.15, 0.2) is 41.0 Å². The Kier molecular flexibility index (Phi) is 13.3. The molecule has 0 nitrogen and oxygen atoms in total. The number of aryl methyl sites for hydroxylation is 3. The molecular weight excluding hydrogens is 264 g/mol. The Morgan fingerprint density at radius 1 is 0.818 bits per heavy atom. The monoisotopic (exact) mass is 298 g/mol. The zero-order valence-electron chi connectivity index (χ0n) is 16.3. The van der Waals surface area contributed by atoms with Gasteiger partial charge in [-0.25, -0.2) is 0 Å². The van der Waals surface area contributed by atoms with Gasteiger partial charge in [0.2, 0.25) is 0 Å². The van der Waals surface area contributed by atoms with Crippen molar-refractivity contribution in [1.82, 2.24) is 0 Å². The molecule has 22 heavy (non-hydrogen) atoms. The molecular formula is C22H34. The second-order valence-corrected chi connectivity index (χ2v) is 5.99. The van der Waals surface area contributed by atoms with Crippen LogP contribution in [0.25, 0.3) is 0 Å². The molecule has 0 heteroatoms. The van der Waals surface area contributed by atoms with Gasteiger partial charge in [0, 0.05) is 0 Å². The topological polar surface area (TPSA) is 0 Å². The molecule has 0 amide bonds. The summed E-state index contributed by atoms with van der Waals surface area (Å²) in [7, 11) is 0. The van der Waals surface area contributed by atoms with Crippen LogP contribution in [0.3, 0.4) is 0 Å². The third-order valence-electron chi connectivity index (χ3n) is 3.21. The molecule has 1 aromatic carbocycles. The van der Waals surface area contributed by atoms with Gasteiger partial charge in [-0.15, -0.1) is 11.8 Å². The zero-order valence-corrected chi connectivity index (χ0v) is 16.3. The Labute approximate surface area is 139 Å². The van der Waals surface area contributed by atoms with Gasteiger partial charge in [-0.3, -0.25) is 0 Å². The molecule has 0 N–H and O–H groups in total. The second kappa shape index (κ2) is 13.0. The van der Waals surface area contributed by atoms with E-state index in [4.69, 9.17) is 0 Å². The third-order valence-corrected chi connectivity index (χ3v) is 3.21. The normalized spacial score (nSPS) is 8.09. The van der Waals surface area contributed by atoms with Crippen molar-refractivity contribution in [2.75, 3.05) is 0 Å². The van der Waals surface area contributed by atoms with Crippen LogP contribution in [0.2, 0.25) is 0 Å². The SMILES string of the molecule is CC#CC.CC(C)=CC(C)=C(C)C.Cc1ccc(C)c(C)c1. The highest BCUT2D eigenvalue weighted by molar-refractivity contribution is 5.28. The molecule has 0 aliphatic heterocycles. The summed E-state index contributed by atoms with van der Waals surface area (Å²) in [6, 6.07) is 6.50. The lowest BCUT2D eigenvalue weighted by atomic mass is 10.1. The molecule has 0 bridgehead atoms. The van der Waals surface area contributed by atoms with E-state index < -0.39 is 0 Å². The van der Waals surface area contributed by atoms with E-state index in [0.717, 1.165) is 0 Å². The fourth-order valence-electron chi connectivity index (χ4n) is 1.47. The molecule has 0 spiro atoms. The molecule has 0 aromatic heterocycles. The predicted octanol–water partition coefficient (Wildman–Crippen LogP) is 6.95. The largest absolute Gasteiger partial charge is 0.107 e. The van der Waals surface area contributed by atoms with E-state index >= 15 is 0 Å². The maximum absolute atomic E-state index is 2.68. The summed E-state index contributed by atoms with van der Waals surface area (Å²) in [6.45, 7) is 20.7. The predicted molar refractivity (Wildman–Crippen MR) is 103 cm³/mol. The molecule has 0 saturated carbocycles. The van der Waals surface area contributed by atoms with Crippen LogP contribution in [0, 0.1) is 32.6 Å². The summed E-state index contributed by atoms with van der Waals surface area (Å²) in [4.78, 5) is 0. The summed E-state index contributed by atoms with van der Waals surface area (Å²) < 4.78 is 0. The van der Waals surface area contributed by atoms with E-state index in [2.05, 4.69) is 91.5 Å². The van der Waals surface area contributed by atoms with Gasteiger partial charge in [0.15, 0.2) is 0 Å². The number of allylic oxidation sites excluding steroid dienone is 4. The van der Waals surface area contributed by atoms with E-state index in [1.165, 1.54) is 33.4 Å². The van der Waals surface area contributed by atoms with Gasteiger partial charge < -0.3 is 0 Å². The van der Waals surface area contributed by atoms with Crippen LogP contribution in [0.4, 0.5) is 0 Å². The van der Waals surface area contributed by atoms with Crippen LogP contribution in [-0.2, 0) is 0 Å². The van der Waals surface area contributed by atoms with E-state index in [1.807, 2.05) is 13.8 Å². The second-order valence-electron chi connectivity index (χ2n) is 5.99. The first-order chi connectivity index (χ1) is 10.1.